The molecule has 1 aliphatic heterocycles. The number of fused-ring (bicyclic) bond motifs is 1. The highest BCUT2D eigenvalue weighted by molar-refractivity contribution is 6.33. The molecule has 188 valence electrons. The third-order valence-electron chi connectivity index (χ3n) is 6.34. The van der Waals surface area contributed by atoms with Crippen LogP contribution in [0.2, 0.25) is 5.02 Å². The Labute approximate surface area is 214 Å². The van der Waals surface area contributed by atoms with Crippen LogP contribution in [0.5, 0.6) is 5.88 Å². The van der Waals surface area contributed by atoms with Gasteiger partial charge in [-0.2, -0.15) is 5.10 Å². The molecule has 4 aromatic rings. The Balaban J connectivity index is 1.52. The van der Waals surface area contributed by atoms with Crippen LogP contribution in [-0.2, 0) is 4.74 Å². The van der Waals surface area contributed by atoms with Crippen LogP contribution < -0.4 is 15.0 Å². The largest absolute Gasteiger partial charge is 0.481 e. The molecule has 0 saturated carbocycles. The number of methoxy groups -OCH3 is 1. The second-order valence-electron chi connectivity index (χ2n) is 8.71. The zero-order chi connectivity index (χ0) is 25.2. The SMILES string of the molecule is CCC(Nc1nc(C)nc(C)c1Cl)c1cc(-c2cnc3[nH]nc(N4CCOCC4)c3c2)cnc1OC. The molecule has 1 aliphatic rings. The summed E-state index contributed by atoms with van der Waals surface area (Å²) in [5.74, 6) is 2.69. The van der Waals surface area contributed by atoms with Crippen molar-refractivity contribution in [2.75, 3.05) is 43.6 Å². The number of hydrogen-bond donors (Lipinski definition) is 2. The van der Waals surface area contributed by atoms with Crippen LogP contribution in [0.4, 0.5) is 11.6 Å². The van der Waals surface area contributed by atoms with Crippen molar-refractivity contribution in [1.82, 2.24) is 30.1 Å². The van der Waals surface area contributed by atoms with Crippen molar-refractivity contribution in [3.63, 3.8) is 0 Å². The number of rotatable bonds is 7. The van der Waals surface area contributed by atoms with Crippen LogP contribution in [0.1, 0.15) is 36.5 Å². The van der Waals surface area contributed by atoms with Gasteiger partial charge in [-0.1, -0.05) is 18.5 Å². The maximum absolute atomic E-state index is 6.51. The Kier molecular flexibility index (Phi) is 6.88. The van der Waals surface area contributed by atoms with Gasteiger partial charge >= 0.3 is 0 Å². The molecule has 5 rings (SSSR count). The molecule has 0 spiro atoms. The van der Waals surface area contributed by atoms with Crippen molar-refractivity contribution in [2.24, 2.45) is 0 Å². The number of halogens is 1. The molecule has 10 nitrogen and oxygen atoms in total. The van der Waals surface area contributed by atoms with Crippen LogP contribution in [0.15, 0.2) is 24.5 Å². The molecule has 1 fully saturated rings. The fraction of sp³-hybridized carbons (Fsp3) is 0.400. The average molecular weight is 509 g/mol. The number of aryl methyl sites for hydroxylation is 2. The fourth-order valence-electron chi connectivity index (χ4n) is 4.47. The number of nitrogens with zero attached hydrogens (tertiary/aromatic N) is 6. The van der Waals surface area contributed by atoms with Crippen molar-refractivity contribution < 1.29 is 9.47 Å². The van der Waals surface area contributed by atoms with E-state index in [1.165, 1.54) is 0 Å². The number of aromatic nitrogens is 6. The van der Waals surface area contributed by atoms with Gasteiger partial charge in [0.15, 0.2) is 11.5 Å². The van der Waals surface area contributed by atoms with Crippen molar-refractivity contribution in [1.29, 1.82) is 0 Å². The van der Waals surface area contributed by atoms with E-state index in [0.717, 1.165) is 58.7 Å². The van der Waals surface area contributed by atoms with Crippen molar-refractivity contribution in [2.45, 2.75) is 33.2 Å². The summed E-state index contributed by atoms with van der Waals surface area (Å²) in [6.45, 7) is 8.78. The first kappa shape index (κ1) is 24.2. The molecule has 0 bridgehead atoms. The highest BCUT2D eigenvalue weighted by atomic mass is 35.5. The van der Waals surface area contributed by atoms with Gasteiger partial charge in [0, 0.05) is 42.2 Å². The predicted molar refractivity (Wildman–Crippen MR) is 140 cm³/mol. The molecule has 0 aliphatic carbocycles. The zero-order valence-electron chi connectivity index (χ0n) is 20.8. The normalized spacial score (nSPS) is 14.8. The number of aromatic amines is 1. The van der Waals surface area contributed by atoms with Gasteiger partial charge in [-0.25, -0.2) is 19.9 Å². The van der Waals surface area contributed by atoms with Crippen molar-refractivity contribution in [3.05, 3.63) is 46.6 Å². The molecule has 2 N–H and O–H groups in total. The highest BCUT2D eigenvalue weighted by Gasteiger charge is 2.21. The van der Waals surface area contributed by atoms with E-state index in [4.69, 9.17) is 21.1 Å². The van der Waals surface area contributed by atoms with Crippen LogP contribution in [0.25, 0.3) is 22.2 Å². The van der Waals surface area contributed by atoms with E-state index in [-0.39, 0.29) is 6.04 Å². The van der Waals surface area contributed by atoms with Crippen molar-refractivity contribution in [3.8, 4) is 17.0 Å². The summed E-state index contributed by atoms with van der Waals surface area (Å²) in [7, 11) is 1.62. The molecule has 1 saturated heterocycles. The number of ether oxygens (including phenoxy) is 2. The number of hydrogen-bond acceptors (Lipinski definition) is 9. The summed E-state index contributed by atoms with van der Waals surface area (Å²) in [6, 6.07) is 4.05. The summed E-state index contributed by atoms with van der Waals surface area (Å²) in [5.41, 5.74) is 4.26. The van der Waals surface area contributed by atoms with Gasteiger partial charge in [-0.05, 0) is 32.4 Å². The van der Waals surface area contributed by atoms with Crippen LogP contribution in [0.3, 0.4) is 0 Å². The van der Waals surface area contributed by atoms with Gasteiger partial charge in [-0.3, -0.25) is 5.10 Å². The van der Waals surface area contributed by atoms with Gasteiger partial charge in [0.05, 0.1) is 37.4 Å². The van der Waals surface area contributed by atoms with E-state index in [2.05, 4.69) is 59.4 Å². The molecule has 5 heterocycles. The lowest BCUT2D eigenvalue weighted by Crippen LogP contribution is -2.36. The third kappa shape index (κ3) is 4.66. The molecule has 0 radical (unpaired) electrons. The minimum Gasteiger partial charge on any atom is -0.481 e. The van der Waals surface area contributed by atoms with E-state index >= 15 is 0 Å². The summed E-state index contributed by atoms with van der Waals surface area (Å²) in [6.07, 6.45) is 4.40. The Morgan fingerprint density at radius 3 is 2.64 bits per heavy atom. The number of H-pyrrole nitrogens is 1. The van der Waals surface area contributed by atoms with Crippen molar-refractivity contribution >= 4 is 34.3 Å². The third-order valence-corrected chi connectivity index (χ3v) is 6.79. The number of pyridine rings is 2. The van der Waals surface area contributed by atoms with Crippen LogP contribution >= 0.6 is 11.6 Å². The zero-order valence-corrected chi connectivity index (χ0v) is 21.6. The molecule has 1 unspecified atom stereocenters. The minimum absolute atomic E-state index is 0.131. The van der Waals surface area contributed by atoms with Gasteiger partial charge in [0.1, 0.15) is 16.7 Å². The first-order chi connectivity index (χ1) is 17.5. The number of morpholine rings is 1. The van der Waals surface area contributed by atoms with Gasteiger partial charge < -0.3 is 19.7 Å². The van der Waals surface area contributed by atoms with E-state index in [1.807, 2.05) is 20.0 Å². The first-order valence-corrected chi connectivity index (χ1v) is 12.3. The van der Waals surface area contributed by atoms with E-state index in [1.54, 1.807) is 13.3 Å². The van der Waals surface area contributed by atoms with Crippen LogP contribution in [0, 0.1) is 13.8 Å². The monoisotopic (exact) mass is 508 g/mol. The molecule has 0 amide bonds. The molecule has 4 aromatic heterocycles. The van der Waals surface area contributed by atoms with Gasteiger partial charge in [0.2, 0.25) is 5.88 Å². The lowest BCUT2D eigenvalue weighted by molar-refractivity contribution is 0.122. The van der Waals surface area contributed by atoms with Crippen LogP contribution in [-0.4, -0.2) is 63.5 Å². The second kappa shape index (κ2) is 10.2. The van der Waals surface area contributed by atoms with E-state index in [0.29, 0.717) is 35.8 Å². The summed E-state index contributed by atoms with van der Waals surface area (Å²) >= 11 is 6.51. The number of anilines is 2. The maximum Gasteiger partial charge on any atom is 0.218 e. The molecule has 1 atom stereocenters. The Hall–Kier alpha value is -3.50. The molecule has 0 aromatic carbocycles. The Morgan fingerprint density at radius 1 is 1.14 bits per heavy atom. The average Bonchev–Trinajstić information content (AvgIpc) is 3.33. The minimum atomic E-state index is -0.131. The van der Waals surface area contributed by atoms with E-state index < -0.39 is 0 Å². The van der Waals surface area contributed by atoms with E-state index in [9.17, 15) is 0 Å². The predicted octanol–water partition coefficient (Wildman–Crippen LogP) is 4.49. The topological polar surface area (TPSA) is 114 Å². The van der Waals surface area contributed by atoms with Gasteiger partial charge in [0.25, 0.3) is 0 Å². The first-order valence-electron chi connectivity index (χ1n) is 12.0. The smallest absolute Gasteiger partial charge is 0.218 e. The molecule has 11 heteroatoms. The second-order valence-corrected chi connectivity index (χ2v) is 9.09. The standard InChI is InChI=1S/C25H29ClN8O2/c1-5-20(31-23-21(26)14(2)29-15(3)30-23)18-10-16(13-28-25(18)35-4)17-11-19-22(27-12-17)32-33-24(19)34-6-8-36-9-7-34/h10-13,20H,5-9H2,1-4H3,(H,27,32,33)(H,29,30,31). The summed E-state index contributed by atoms with van der Waals surface area (Å²) in [5, 5.41) is 12.5. The Morgan fingerprint density at radius 2 is 1.89 bits per heavy atom. The lowest BCUT2D eigenvalue weighted by Gasteiger charge is -2.26. The highest BCUT2D eigenvalue weighted by Crippen LogP contribution is 2.35. The molecular formula is C25H29ClN8O2. The summed E-state index contributed by atoms with van der Waals surface area (Å²) in [4.78, 5) is 20.3. The quantitative estimate of drug-likeness (QED) is 0.372. The maximum atomic E-state index is 6.51. The molecular weight excluding hydrogens is 480 g/mol. The Bertz CT molecular complexity index is 1390. The lowest BCUT2D eigenvalue weighted by atomic mass is 10.0. The van der Waals surface area contributed by atoms with Gasteiger partial charge in [-0.15, -0.1) is 0 Å². The summed E-state index contributed by atoms with van der Waals surface area (Å²) < 4.78 is 11.1. The fourth-order valence-corrected chi connectivity index (χ4v) is 4.61. The molecule has 36 heavy (non-hydrogen) atoms. The number of nitrogens with one attached hydrogen (secondary N) is 2.